The number of hydrogen-bond donors (Lipinski definition) is 1. The van der Waals surface area contributed by atoms with Crippen molar-refractivity contribution in [2.24, 2.45) is 5.92 Å². The summed E-state index contributed by atoms with van der Waals surface area (Å²) in [4.78, 5) is 0. The van der Waals surface area contributed by atoms with Gasteiger partial charge in [-0.15, -0.1) is 0 Å². The third-order valence-corrected chi connectivity index (χ3v) is 0.687. The van der Waals surface area contributed by atoms with Gasteiger partial charge in [0.05, 0.1) is 13.2 Å². The zero-order valence-electron chi connectivity index (χ0n) is 7.19. The second kappa shape index (κ2) is 12.7. The van der Waals surface area contributed by atoms with E-state index in [1.165, 1.54) is 0 Å². The van der Waals surface area contributed by atoms with Gasteiger partial charge in [0, 0.05) is 6.61 Å². The number of rotatable bonds is 4. The molecule has 75 valence electrons. The summed E-state index contributed by atoms with van der Waals surface area (Å²) >= 11 is -2.13. The van der Waals surface area contributed by atoms with E-state index in [9.17, 15) is 0 Å². The van der Waals surface area contributed by atoms with Gasteiger partial charge >= 0.3 is 43.7 Å². The van der Waals surface area contributed by atoms with Crippen molar-refractivity contribution in [2.45, 2.75) is 13.8 Å². The van der Waals surface area contributed by atoms with E-state index in [4.69, 9.17) is 35.4 Å². The summed E-state index contributed by atoms with van der Waals surface area (Å²) in [6.07, 6.45) is 0. The number of halogens is 3. The average Bonchev–Trinajstić information content (AvgIpc) is 1.86. The molecular weight excluding hydrogens is 302 g/mol. The van der Waals surface area contributed by atoms with Gasteiger partial charge in [0.15, 0.2) is 0 Å². The van der Waals surface area contributed by atoms with Crippen LogP contribution in [0.5, 0.6) is 0 Å². The van der Waals surface area contributed by atoms with Crippen LogP contribution in [0.4, 0.5) is 0 Å². The van der Waals surface area contributed by atoms with Gasteiger partial charge < -0.3 is 9.84 Å². The molecule has 0 atom stereocenters. The molecular formula is C6H14Cl3O2Zr. The fourth-order valence-electron chi connectivity index (χ4n) is 0.384. The van der Waals surface area contributed by atoms with E-state index >= 15 is 0 Å². The van der Waals surface area contributed by atoms with Crippen LogP contribution in [-0.4, -0.2) is 24.9 Å². The average molecular weight is 316 g/mol. The Labute approximate surface area is 92.5 Å². The topological polar surface area (TPSA) is 29.5 Å². The molecule has 0 spiro atoms. The van der Waals surface area contributed by atoms with E-state index in [0.29, 0.717) is 12.5 Å². The normalized spacial score (nSPS) is 9.25. The molecule has 0 amide bonds. The molecule has 0 bridgehead atoms. The SMILES string of the molecule is CC(C)COCCO.[Cl][Zr]([Cl])[Cl]. The molecule has 0 saturated heterocycles. The monoisotopic (exact) mass is 313 g/mol. The van der Waals surface area contributed by atoms with Crippen molar-refractivity contribution in [3.63, 3.8) is 0 Å². The molecule has 0 fully saturated rings. The number of aliphatic hydroxyl groups is 1. The van der Waals surface area contributed by atoms with Gasteiger partial charge in [0.25, 0.3) is 0 Å². The fourth-order valence-corrected chi connectivity index (χ4v) is 0.384. The molecule has 1 N–H and O–H groups in total. The van der Waals surface area contributed by atoms with Crippen LogP contribution in [0.1, 0.15) is 13.8 Å². The number of aliphatic hydroxyl groups excluding tert-OH is 1. The van der Waals surface area contributed by atoms with Crippen molar-refractivity contribution < 1.29 is 28.0 Å². The molecule has 12 heavy (non-hydrogen) atoms. The van der Waals surface area contributed by atoms with E-state index in [-0.39, 0.29) is 6.61 Å². The predicted molar refractivity (Wildman–Crippen MR) is 50.3 cm³/mol. The van der Waals surface area contributed by atoms with Gasteiger partial charge in [-0.1, -0.05) is 13.8 Å². The van der Waals surface area contributed by atoms with Gasteiger partial charge in [-0.25, -0.2) is 0 Å². The summed E-state index contributed by atoms with van der Waals surface area (Å²) in [5.41, 5.74) is 0. The Bertz CT molecular complexity index is 80.4. The first-order valence-corrected chi connectivity index (χ1v) is 13.0. The van der Waals surface area contributed by atoms with Crippen LogP contribution in [-0.2, 0) is 22.9 Å². The Morgan fingerprint density at radius 1 is 1.33 bits per heavy atom. The molecule has 6 heteroatoms. The molecule has 0 heterocycles. The first-order valence-electron chi connectivity index (χ1n) is 3.52. The second-order valence-corrected chi connectivity index (χ2v) is 13.6. The second-order valence-electron chi connectivity index (χ2n) is 2.41. The van der Waals surface area contributed by atoms with Crippen molar-refractivity contribution in [3.8, 4) is 0 Å². The molecule has 0 aromatic carbocycles. The minimum atomic E-state index is -2.13. The van der Waals surface area contributed by atoms with Gasteiger partial charge in [-0.3, -0.25) is 0 Å². The maximum atomic E-state index is 8.25. The van der Waals surface area contributed by atoms with Crippen molar-refractivity contribution in [1.82, 2.24) is 0 Å². The Morgan fingerprint density at radius 3 is 2.00 bits per heavy atom. The van der Waals surface area contributed by atoms with Crippen LogP contribution in [0.15, 0.2) is 0 Å². The molecule has 0 unspecified atom stereocenters. The molecule has 0 aliphatic rings. The Morgan fingerprint density at radius 2 is 1.75 bits per heavy atom. The van der Waals surface area contributed by atoms with Crippen molar-refractivity contribution in [1.29, 1.82) is 0 Å². The summed E-state index contributed by atoms with van der Waals surface area (Å²) in [6, 6.07) is 0. The molecule has 0 saturated carbocycles. The molecule has 0 aromatic heterocycles. The van der Waals surface area contributed by atoms with Crippen LogP contribution in [0.25, 0.3) is 0 Å². The van der Waals surface area contributed by atoms with Crippen LogP contribution in [0.2, 0.25) is 0 Å². The van der Waals surface area contributed by atoms with Gasteiger partial charge in [-0.05, 0) is 5.92 Å². The summed E-state index contributed by atoms with van der Waals surface area (Å²) in [5, 5.41) is 8.25. The van der Waals surface area contributed by atoms with Crippen molar-refractivity contribution in [2.75, 3.05) is 19.8 Å². The predicted octanol–water partition coefficient (Wildman–Crippen LogP) is 2.72. The Balaban J connectivity index is 0. The molecule has 0 aliphatic carbocycles. The zero-order chi connectivity index (χ0) is 9.98. The number of ether oxygens (including phenoxy) is 1. The van der Waals surface area contributed by atoms with E-state index in [2.05, 4.69) is 13.8 Å². The first-order chi connectivity index (χ1) is 5.50. The molecule has 0 radical (unpaired) electrons. The van der Waals surface area contributed by atoms with E-state index in [1.54, 1.807) is 0 Å². The molecule has 0 rings (SSSR count). The quantitative estimate of drug-likeness (QED) is 0.808. The number of hydrogen-bond acceptors (Lipinski definition) is 2. The Kier molecular flexibility index (Phi) is 17.0. The summed E-state index contributed by atoms with van der Waals surface area (Å²) in [5.74, 6) is 0.571. The fraction of sp³-hybridized carbons (Fsp3) is 1.00. The van der Waals surface area contributed by atoms with Crippen LogP contribution >= 0.6 is 25.5 Å². The van der Waals surface area contributed by atoms with Gasteiger partial charge in [-0.2, -0.15) is 0 Å². The summed E-state index contributed by atoms with van der Waals surface area (Å²) in [7, 11) is 15.0. The van der Waals surface area contributed by atoms with Gasteiger partial charge in [0.2, 0.25) is 0 Å². The zero-order valence-corrected chi connectivity index (χ0v) is 11.9. The van der Waals surface area contributed by atoms with Crippen molar-refractivity contribution in [3.05, 3.63) is 0 Å². The van der Waals surface area contributed by atoms with Crippen LogP contribution < -0.4 is 0 Å². The van der Waals surface area contributed by atoms with E-state index < -0.39 is 18.2 Å². The summed E-state index contributed by atoms with van der Waals surface area (Å²) in [6.45, 7) is 5.51. The van der Waals surface area contributed by atoms with Gasteiger partial charge in [0.1, 0.15) is 0 Å². The van der Waals surface area contributed by atoms with E-state index in [0.717, 1.165) is 6.61 Å². The first kappa shape index (κ1) is 16.1. The third kappa shape index (κ3) is 29.9. The van der Waals surface area contributed by atoms with E-state index in [1.807, 2.05) is 0 Å². The van der Waals surface area contributed by atoms with Crippen LogP contribution in [0, 0.1) is 5.92 Å². The minimum absolute atomic E-state index is 0.132. The standard InChI is InChI=1S/C6H14O2.3ClH.Zr/c1-6(2)5-8-4-3-7;;;;/h6-7H,3-5H2,1-2H3;3*1H;/q;;;;+3/p-3. The summed E-state index contributed by atoms with van der Waals surface area (Å²) < 4.78 is 4.99. The Hall–Kier alpha value is 1.67. The third-order valence-electron chi connectivity index (χ3n) is 0.687. The molecule has 0 aromatic rings. The van der Waals surface area contributed by atoms with Crippen molar-refractivity contribution >= 4 is 25.5 Å². The molecule has 0 aliphatic heterocycles. The maximum absolute atomic E-state index is 8.25. The molecule has 2 nitrogen and oxygen atoms in total. The van der Waals surface area contributed by atoms with Crippen LogP contribution in [0.3, 0.4) is 0 Å².